The highest BCUT2D eigenvalue weighted by Crippen LogP contribution is 2.37. The van der Waals surface area contributed by atoms with Crippen molar-refractivity contribution < 1.29 is 19.2 Å². The number of amides is 5. The highest BCUT2D eigenvalue weighted by molar-refractivity contribution is 6.11. The Kier molecular flexibility index (Phi) is 6.44. The Bertz CT molecular complexity index is 1060. The Hall–Kier alpha value is -3.68. The molecule has 0 bridgehead atoms. The lowest BCUT2D eigenvalue weighted by atomic mass is 9.75. The number of carbonyl (C=O) groups is 4. The summed E-state index contributed by atoms with van der Waals surface area (Å²) in [6.07, 6.45) is 4.03. The molecule has 0 atom stereocenters. The van der Waals surface area contributed by atoms with Crippen LogP contribution in [0.2, 0.25) is 0 Å². The summed E-state index contributed by atoms with van der Waals surface area (Å²) in [7, 11) is 0. The molecule has 1 saturated carbocycles. The second kappa shape index (κ2) is 9.44. The number of hydrogen-bond acceptors (Lipinski definition) is 4. The monoisotopic (exact) mass is 448 g/mol. The first-order valence-corrected chi connectivity index (χ1v) is 11.3. The maximum absolute atomic E-state index is 13.1. The fraction of sp³-hybridized carbons (Fsp3) is 0.360. The smallest absolute Gasteiger partial charge is 0.323 e. The number of hydrogen-bond donors (Lipinski definition) is 3. The van der Waals surface area contributed by atoms with E-state index in [1.54, 1.807) is 48.5 Å². The van der Waals surface area contributed by atoms with Crippen LogP contribution in [0, 0.1) is 5.92 Å². The van der Waals surface area contributed by atoms with Gasteiger partial charge in [-0.05, 0) is 55.9 Å². The van der Waals surface area contributed by atoms with Crippen molar-refractivity contribution in [3.8, 4) is 0 Å². The van der Waals surface area contributed by atoms with E-state index in [-0.39, 0.29) is 18.4 Å². The van der Waals surface area contributed by atoms with E-state index in [2.05, 4.69) is 22.9 Å². The van der Waals surface area contributed by atoms with Crippen LogP contribution in [0.15, 0.2) is 54.6 Å². The maximum Gasteiger partial charge on any atom is 0.325 e. The minimum Gasteiger partial charge on any atom is -0.323 e. The Morgan fingerprint density at radius 1 is 0.970 bits per heavy atom. The van der Waals surface area contributed by atoms with Crippen LogP contribution in [0.25, 0.3) is 0 Å². The topological polar surface area (TPSA) is 108 Å². The largest absolute Gasteiger partial charge is 0.325 e. The predicted octanol–water partition coefficient (Wildman–Crippen LogP) is 3.77. The molecule has 2 aromatic carbocycles. The van der Waals surface area contributed by atoms with Gasteiger partial charge in [-0.2, -0.15) is 0 Å². The van der Waals surface area contributed by atoms with Gasteiger partial charge in [0.2, 0.25) is 5.91 Å². The van der Waals surface area contributed by atoms with Crippen LogP contribution in [0.3, 0.4) is 0 Å². The van der Waals surface area contributed by atoms with Gasteiger partial charge >= 0.3 is 6.03 Å². The van der Waals surface area contributed by atoms with Crippen molar-refractivity contribution in [2.75, 3.05) is 17.2 Å². The van der Waals surface area contributed by atoms with Crippen LogP contribution in [-0.4, -0.2) is 40.7 Å². The molecule has 0 aromatic heterocycles. The number of para-hydroxylation sites is 2. The van der Waals surface area contributed by atoms with Gasteiger partial charge < -0.3 is 16.0 Å². The molecule has 2 aromatic rings. The first kappa shape index (κ1) is 22.5. The van der Waals surface area contributed by atoms with Crippen molar-refractivity contribution in [3.05, 3.63) is 60.2 Å². The number of benzene rings is 2. The van der Waals surface area contributed by atoms with Gasteiger partial charge in [0.25, 0.3) is 11.8 Å². The molecule has 8 heteroatoms. The van der Waals surface area contributed by atoms with Gasteiger partial charge in [0.1, 0.15) is 12.1 Å². The summed E-state index contributed by atoms with van der Waals surface area (Å²) in [5.74, 6) is -0.585. The summed E-state index contributed by atoms with van der Waals surface area (Å²) in [5, 5.41) is 8.34. The summed E-state index contributed by atoms with van der Waals surface area (Å²) < 4.78 is 0. The molecule has 3 N–H and O–H groups in total. The lowest BCUT2D eigenvalue weighted by Gasteiger charge is -2.34. The minimum atomic E-state index is -0.884. The van der Waals surface area contributed by atoms with Crippen molar-refractivity contribution in [2.24, 2.45) is 5.92 Å². The van der Waals surface area contributed by atoms with Crippen molar-refractivity contribution in [1.82, 2.24) is 10.2 Å². The third-order valence-electron chi connectivity index (χ3n) is 6.57. The molecule has 1 aliphatic carbocycles. The number of carbonyl (C=O) groups excluding carboxylic acids is 4. The number of nitrogens with zero attached hydrogens (tertiary/aromatic N) is 1. The van der Waals surface area contributed by atoms with E-state index in [4.69, 9.17) is 0 Å². The van der Waals surface area contributed by atoms with Gasteiger partial charge in [0, 0.05) is 5.56 Å². The highest BCUT2D eigenvalue weighted by Gasteiger charge is 2.52. The van der Waals surface area contributed by atoms with Gasteiger partial charge in [0.15, 0.2) is 0 Å². The molecule has 1 spiro atoms. The van der Waals surface area contributed by atoms with E-state index in [9.17, 15) is 19.2 Å². The van der Waals surface area contributed by atoms with Crippen molar-refractivity contribution in [2.45, 2.75) is 44.6 Å². The van der Waals surface area contributed by atoms with Crippen LogP contribution in [-0.2, 0) is 9.59 Å². The van der Waals surface area contributed by atoms with Crippen LogP contribution >= 0.6 is 0 Å². The number of nitrogens with one attached hydrogen (secondary N) is 3. The van der Waals surface area contributed by atoms with E-state index >= 15 is 0 Å². The van der Waals surface area contributed by atoms with E-state index < -0.39 is 17.5 Å². The van der Waals surface area contributed by atoms with Gasteiger partial charge in [-0.3, -0.25) is 19.3 Å². The number of imide groups is 1. The summed E-state index contributed by atoms with van der Waals surface area (Å²) in [6, 6.07) is 15.0. The van der Waals surface area contributed by atoms with Gasteiger partial charge in [-0.1, -0.05) is 43.7 Å². The van der Waals surface area contributed by atoms with Crippen LogP contribution in [0.4, 0.5) is 16.2 Å². The molecule has 8 nitrogen and oxygen atoms in total. The Morgan fingerprint density at radius 2 is 1.58 bits per heavy atom. The van der Waals surface area contributed by atoms with Gasteiger partial charge in [-0.15, -0.1) is 0 Å². The molecule has 1 aliphatic heterocycles. The average molecular weight is 449 g/mol. The molecule has 0 unspecified atom stereocenters. The maximum atomic E-state index is 13.1. The minimum absolute atomic E-state index is 0.309. The average Bonchev–Trinajstić information content (AvgIpc) is 3.05. The fourth-order valence-corrected chi connectivity index (χ4v) is 4.56. The number of rotatable bonds is 6. The van der Waals surface area contributed by atoms with Gasteiger partial charge in [-0.25, -0.2) is 4.79 Å². The van der Waals surface area contributed by atoms with Crippen LogP contribution in [0.5, 0.6) is 0 Å². The van der Waals surface area contributed by atoms with Crippen LogP contribution in [0.1, 0.15) is 49.4 Å². The predicted molar refractivity (Wildman–Crippen MR) is 125 cm³/mol. The molecule has 33 heavy (non-hydrogen) atoms. The molecule has 172 valence electrons. The summed E-state index contributed by atoms with van der Waals surface area (Å²) in [4.78, 5) is 51.8. The number of urea groups is 1. The first-order valence-electron chi connectivity index (χ1n) is 11.3. The SMILES string of the molecule is CCC1CCC2(CC1)NC(=O)N(CC(=O)Nc1ccccc1NC(=O)c1ccccc1)C2=O. The van der Waals surface area contributed by atoms with Crippen molar-refractivity contribution in [3.63, 3.8) is 0 Å². The Balaban J connectivity index is 1.41. The molecular formula is C25H28N4O4. The van der Waals surface area contributed by atoms with E-state index in [0.29, 0.717) is 35.7 Å². The van der Waals surface area contributed by atoms with E-state index in [1.807, 2.05) is 6.07 Å². The fourth-order valence-electron chi connectivity index (χ4n) is 4.56. The van der Waals surface area contributed by atoms with Gasteiger partial charge in [0.05, 0.1) is 11.4 Å². The molecule has 1 heterocycles. The Morgan fingerprint density at radius 3 is 2.21 bits per heavy atom. The zero-order valence-corrected chi connectivity index (χ0v) is 18.6. The summed E-state index contributed by atoms with van der Waals surface area (Å²) in [5.41, 5.74) is 0.411. The lowest BCUT2D eigenvalue weighted by Crippen LogP contribution is -2.49. The van der Waals surface area contributed by atoms with E-state index in [1.165, 1.54) is 0 Å². The lowest BCUT2D eigenvalue weighted by molar-refractivity contribution is -0.135. The highest BCUT2D eigenvalue weighted by atomic mass is 16.2. The molecule has 0 radical (unpaired) electrons. The van der Waals surface area contributed by atoms with Crippen LogP contribution < -0.4 is 16.0 Å². The second-order valence-electron chi connectivity index (χ2n) is 8.67. The molecule has 5 amide bonds. The standard InChI is InChI=1S/C25H28N4O4/c1-2-17-12-14-25(15-13-17)23(32)29(24(33)28-25)16-21(30)26-19-10-6-7-11-20(19)27-22(31)18-8-4-3-5-9-18/h3-11,17H,2,12-16H2,1H3,(H,26,30)(H,27,31)(H,28,33). The zero-order valence-electron chi connectivity index (χ0n) is 18.6. The first-order chi connectivity index (χ1) is 15.9. The molecule has 1 saturated heterocycles. The number of anilines is 2. The van der Waals surface area contributed by atoms with E-state index in [0.717, 1.165) is 24.2 Å². The normalized spacial score (nSPS) is 22.2. The molecule has 2 fully saturated rings. The zero-order chi connectivity index (χ0) is 23.4. The summed E-state index contributed by atoms with van der Waals surface area (Å²) in [6.45, 7) is 1.75. The third-order valence-corrected chi connectivity index (χ3v) is 6.57. The molecule has 2 aliphatic rings. The summed E-state index contributed by atoms with van der Waals surface area (Å²) >= 11 is 0. The molecule has 4 rings (SSSR count). The molecular weight excluding hydrogens is 420 g/mol. The third kappa shape index (κ3) is 4.74. The quantitative estimate of drug-likeness (QED) is 0.585. The second-order valence-corrected chi connectivity index (χ2v) is 8.67. The Labute approximate surface area is 192 Å². The van der Waals surface area contributed by atoms with Crippen molar-refractivity contribution in [1.29, 1.82) is 0 Å². The van der Waals surface area contributed by atoms with Crippen molar-refractivity contribution >= 4 is 35.1 Å².